The summed E-state index contributed by atoms with van der Waals surface area (Å²) in [5.74, 6) is 1.15. The van der Waals surface area contributed by atoms with Crippen LogP contribution in [-0.2, 0) is 9.53 Å². The van der Waals surface area contributed by atoms with Crippen LogP contribution in [0.4, 0.5) is 5.69 Å². The van der Waals surface area contributed by atoms with E-state index < -0.39 is 0 Å². The molecule has 6 heteroatoms. The fraction of sp³-hybridized carbons (Fsp3) is 0.240. The van der Waals surface area contributed by atoms with Gasteiger partial charge in [0.2, 0.25) is 0 Å². The van der Waals surface area contributed by atoms with Crippen LogP contribution in [0.25, 0.3) is 11.1 Å². The van der Waals surface area contributed by atoms with Crippen molar-refractivity contribution < 1.29 is 19.0 Å². The maximum atomic E-state index is 12.3. The Morgan fingerprint density at radius 2 is 1.81 bits per heavy atom. The maximum Gasteiger partial charge on any atom is 0.262 e. The normalized spacial score (nSPS) is 15.5. The topological polar surface area (TPSA) is 56.8 Å². The third kappa shape index (κ3) is 6.09. The molecule has 0 saturated carbocycles. The average Bonchev–Trinajstić information content (AvgIpc) is 3.32. The molecule has 1 aliphatic rings. The Kier molecular flexibility index (Phi) is 7.22. The number of benzene rings is 3. The van der Waals surface area contributed by atoms with Crippen LogP contribution in [0, 0.1) is 0 Å². The summed E-state index contributed by atoms with van der Waals surface area (Å²) < 4.78 is 17.8. The number of nitrogens with one attached hydrogen (secondary N) is 1. The molecule has 31 heavy (non-hydrogen) atoms. The third-order valence-electron chi connectivity index (χ3n) is 5.00. The summed E-state index contributed by atoms with van der Waals surface area (Å²) in [6.07, 6.45) is 2.31. The Morgan fingerprint density at radius 1 is 1.00 bits per heavy atom. The molecule has 3 aromatic carbocycles. The van der Waals surface area contributed by atoms with Crippen molar-refractivity contribution >= 4 is 27.5 Å². The zero-order valence-corrected chi connectivity index (χ0v) is 18.6. The molecule has 0 spiro atoms. The number of carbonyl (C=O) groups is 1. The molecule has 1 saturated heterocycles. The third-order valence-corrected chi connectivity index (χ3v) is 5.62. The second-order valence-electron chi connectivity index (χ2n) is 7.32. The molecule has 1 aliphatic heterocycles. The summed E-state index contributed by atoms with van der Waals surface area (Å²) in [5.41, 5.74) is 2.89. The maximum absolute atomic E-state index is 12.3. The highest BCUT2D eigenvalue weighted by atomic mass is 79.9. The number of halogens is 1. The van der Waals surface area contributed by atoms with E-state index in [0.717, 1.165) is 40.8 Å². The van der Waals surface area contributed by atoms with Crippen molar-refractivity contribution in [3.8, 4) is 22.6 Å². The molecular weight excluding hydrogens is 458 g/mol. The van der Waals surface area contributed by atoms with Crippen LogP contribution in [0.1, 0.15) is 12.8 Å². The predicted molar refractivity (Wildman–Crippen MR) is 125 cm³/mol. The highest BCUT2D eigenvalue weighted by Crippen LogP contribution is 2.30. The molecule has 4 rings (SSSR count). The molecule has 5 nitrogen and oxygen atoms in total. The van der Waals surface area contributed by atoms with Crippen LogP contribution >= 0.6 is 15.9 Å². The molecule has 1 N–H and O–H groups in total. The quantitative estimate of drug-likeness (QED) is 0.448. The largest absolute Gasteiger partial charge is 0.491 e. The van der Waals surface area contributed by atoms with Crippen molar-refractivity contribution in [3.63, 3.8) is 0 Å². The van der Waals surface area contributed by atoms with E-state index in [4.69, 9.17) is 14.2 Å². The van der Waals surface area contributed by atoms with Crippen LogP contribution in [0.5, 0.6) is 11.5 Å². The number of rotatable bonds is 8. The summed E-state index contributed by atoms with van der Waals surface area (Å²) in [5, 5.41) is 2.83. The van der Waals surface area contributed by atoms with E-state index in [1.165, 1.54) is 0 Å². The number of anilines is 1. The Balaban J connectivity index is 1.26. The Morgan fingerprint density at radius 3 is 2.52 bits per heavy atom. The van der Waals surface area contributed by atoms with Gasteiger partial charge in [-0.15, -0.1) is 0 Å². The minimum absolute atomic E-state index is 0.0828. The van der Waals surface area contributed by atoms with E-state index in [2.05, 4.69) is 33.4 Å². The van der Waals surface area contributed by atoms with Gasteiger partial charge in [-0.3, -0.25) is 4.79 Å². The molecule has 1 amide bonds. The van der Waals surface area contributed by atoms with Gasteiger partial charge in [-0.25, -0.2) is 0 Å². The Hall–Kier alpha value is -2.83. The molecule has 160 valence electrons. The molecule has 3 aromatic rings. The summed E-state index contributed by atoms with van der Waals surface area (Å²) >= 11 is 3.53. The van der Waals surface area contributed by atoms with Crippen molar-refractivity contribution in [3.05, 3.63) is 77.3 Å². The van der Waals surface area contributed by atoms with E-state index in [1.807, 2.05) is 60.7 Å². The first kappa shape index (κ1) is 21.4. The lowest BCUT2D eigenvalue weighted by molar-refractivity contribution is -0.118. The van der Waals surface area contributed by atoms with Crippen LogP contribution in [0.15, 0.2) is 77.3 Å². The van der Waals surface area contributed by atoms with Gasteiger partial charge in [0.15, 0.2) is 6.61 Å². The van der Waals surface area contributed by atoms with Crippen LogP contribution in [0.2, 0.25) is 0 Å². The molecule has 1 heterocycles. The smallest absolute Gasteiger partial charge is 0.262 e. The van der Waals surface area contributed by atoms with Gasteiger partial charge in [-0.05, 0) is 76.3 Å². The number of hydrogen-bond donors (Lipinski definition) is 1. The summed E-state index contributed by atoms with van der Waals surface area (Å²) in [4.78, 5) is 12.3. The van der Waals surface area contributed by atoms with E-state index in [-0.39, 0.29) is 18.6 Å². The second kappa shape index (κ2) is 10.5. The SMILES string of the molecule is O=C(COc1ccc(-c2ccccc2)cc1Br)Nc1ccc(OC[C@@H]2CCCO2)cc1. The minimum atomic E-state index is -0.230. The zero-order valence-electron chi connectivity index (χ0n) is 17.1. The van der Waals surface area contributed by atoms with Gasteiger partial charge in [0, 0.05) is 12.3 Å². The van der Waals surface area contributed by atoms with Gasteiger partial charge in [-0.2, -0.15) is 0 Å². The lowest BCUT2D eigenvalue weighted by atomic mass is 10.1. The first-order valence-electron chi connectivity index (χ1n) is 10.3. The van der Waals surface area contributed by atoms with Crippen molar-refractivity contribution in [1.29, 1.82) is 0 Å². The number of carbonyl (C=O) groups excluding carboxylic acids is 1. The second-order valence-corrected chi connectivity index (χ2v) is 8.17. The predicted octanol–water partition coefficient (Wildman–Crippen LogP) is 5.69. The molecular formula is C25H24BrNO4. The van der Waals surface area contributed by atoms with Gasteiger partial charge in [0.25, 0.3) is 5.91 Å². The standard InChI is InChI=1S/C25H24BrNO4/c26-23-15-19(18-5-2-1-3-6-18)8-13-24(23)31-17-25(28)27-20-9-11-21(12-10-20)30-16-22-7-4-14-29-22/h1-3,5-6,8-13,15,22H,4,7,14,16-17H2,(H,27,28)/t22-/m0/s1. The van der Waals surface area contributed by atoms with Crippen molar-refractivity contribution in [1.82, 2.24) is 0 Å². The highest BCUT2D eigenvalue weighted by molar-refractivity contribution is 9.10. The molecule has 0 aliphatic carbocycles. The summed E-state index contributed by atoms with van der Waals surface area (Å²) in [7, 11) is 0. The van der Waals surface area contributed by atoms with E-state index >= 15 is 0 Å². The van der Waals surface area contributed by atoms with E-state index in [0.29, 0.717) is 18.0 Å². The van der Waals surface area contributed by atoms with Gasteiger partial charge >= 0.3 is 0 Å². The molecule has 1 fully saturated rings. The molecule has 1 atom stereocenters. The van der Waals surface area contributed by atoms with Crippen molar-refractivity contribution in [2.45, 2.75) is 18.9 Å². The zero-order chi connectivity index (χ0) is 21.5. The number of ether oxygens (including phenoxy) is 3. The minimum Gasteiger partial charge on any atom is -0.491 e. The van der Waals surface area contributed by atoms with Crippen molar-refractivity contribution in [2.24, 2.45) is 0 Å². The van der Waals surface area contributed by atoms with Crippen LogP contribution in [-0.4, -0.2) is 31.8 Å². The molecule has 0 aromatic heterocycles. The Labute approximate surface area is 190 Å². The van der Waals surface area contributed by atoms with Crippen molar-refractivity contribution in [2.75, 3.05) is 25.1 Å². The summed E-state index contributed by atoms with van der Waals surface area (Å²) in [6.45, 7) is 1.28. The highest BCUT2D eigenvalue weighted by Gasteiger charge is 2.16. The summed E-state index contributed by atoms with van der Waals surface area (Å²) in [6, 6.07) is 23.2. The van der Waals surface area contributed by atoms with Gasteiger partial charge in [0.1, 0.15) is 18.1 Å². The monoisotopic (exact) mass is 481 g/mol. The van der Waals surface area contributed by atoms with Crippen LogP contribution < -0.4 is 14.8 Å². The van der Waals surface area contributed by atoms with Crippen LogP contribution in [0.3, 0.4) is 0 Å². The fourth-order valence-corrected chi connectivity index (χ4v) is 3.86. The number of amides is 1. The van der Waals surface area contributed by atoms with Gasteiger partial charge in [0.05, 0.1) is 10.6 Å². The van der Waals surface area contributed by atoms with E-state index in [1.54, 1.807) is 0 Å². The molecule has 0 bridgehead atoms. The first-order valence-corrected chi connectivity index (χ1v) is 11.1. The number of hydrogen-bond acceptors (Lipinski definition) is 4. The molecule has 0 radical (unpaired) electrons. The first-order chi connectivity index (χ1) is 15.2. The van der Waals surface area contributed by atoms with Gasteiger partial charge < -0.3 is 19.5 Å². The lowest BCUT2D eigenvalue weighted by Crippen LogP contribution is -2.20. The Bertz CT molecular complexity index is 1000. The van der Waals surface area contributed by atoms with Gasteiger partial charge in [-0.1, -0.05) is 36.4 Å². The lowest BCUT2D eigenvalue weighted by Gasteiger charge is -2.12. The fourth-order valence-electron chi connectivity index (χ4n) is 3.37. The van der Waals surface area contributed by atoms with E-state index in [9.17, 15) is 4.79 Å². The molecule has 0 unspecified atom stereocenters. The average molecular weight is 482 g/mol.